The van der Waals surface area contributed by atoms with Gasteiger partial charge in [0.2, 0.25) is 0 Å². The van der Waals surface area contributed by atoms with Crippen molar-refractivity contribution in [2.24, 2.45) is 0 Å². The second-order valence-corrected chi connectivity index (χ2v) is 4.11. The summed E-state index contributed by atoms with van der Waals surface area (Å²) in [7, 11) is 1.06. The molecule has 5 atom stereocenters. The van der Waals surface area contributed by atoms with Crippen LogP contribution in [0.15, 0.2) is 0 Å². The maximum Gasteiger partial charge on any atom is 0.339 e. The molecule has 10 heteroatoms. The first-order valence-corrected chi connectivity index (χ1v) is 5.71. The molecule has 0 aromatic rings. The van der Waals surface area contributed by atoms with E-state index in [9.17, 15) is 24.6 Å². The first-order valence-electron chi connectivity index (χ1n) is 5.71. The molecule has 1 aliphatic rings. The van der Waals surface area contributed by atoms with Crippen molar-refractivity contribution in [2.45, 2.75) is 44.6 Å². The number of rotatable bonds is 3. The first-order chi connectivity index (χ1) is 9.27. The standard InChI is InChI=1S/C11H16O9.Ac/c1-4(12)18-7-6(14)8(19-5(2)13)11(16)20-9(7)10(15)17-3;/h6-9,11,14,16H,1-3H3;/t6-,7-,8+,9-,11?;/m0./s1. The summed E-state index contributed by atoms with van der Waals surface area (Å²) in [4.78, 5) is 33.4. The Balaban J connectivity index is 0.00000400. The number of methoxy groups -OCH3 is 1. The summed E-state index contributed by atoms with van der Waals surface area (Å²) >= 11 is 0. The van der Waals surface area contributed by atoms with E-state index in [-0.39, 0.29) is 44.1 Å². The summed E-state index contributed by atoms with van der Waals surface area (Å²) < 4.78 is 18.8. The zero-order valence-electron chi connectivity index (χ0n) is 11.7. The van der Waals surface area contributed by atoms with Crippen LogP contribution in [0.25, 0.3) is 0 Å². The molecule has 21 heavy (non-hydrogen) atoms. The van der Waals surface area contributed by atoms with Crippen LogP contribution in [-0.2, 0) is 33.3 Å². The second-order valence-electron chi connectivity index (χ2n) is 4.11. The number of hydrogen-bond donors (Lipinski definition) is 2. The Hall–Kier alpha value is -0.268. The number of ether oxygens (including phenoxy) is 4. The Morgan fingerprint density at radius 3 is 1.90 bits per heavy atom. The van der Waals surface area contributed by atoms with Crippen molar-refractivity contribution in [1.29, 1.82) is 0 Å². The van der Waals surface area contributed by atoms with Crippen LogP contribution in [0.4, 0.5) is 0 Å². The summed E-state index contributed by atoms with van der Waals surface area (Å²) in [6, 6.07) is 0. The number of carbonyl (C=O) groups excluding carboxylic acids is 3. The summed E-state index contributed by atoms with van der Waals surface area (Å²) in [6.45, 7) is 2.12. The molecule has 0 aliphatic carbocycles. The molecule has 1 heterocycles. The fourth-order valence-corrected chi connectivity index (χ4v) is 1.79. The molecule has 0 spiro atoms. The molecule has 0 aromatic carbocycles. The minimum atomic E-state index is -1.76. The summed E-state index contributed by atoms with van der Waals surface area (Å²) in [5.41, 5.74) is 0. The molecule has 1 rings (SSSR count). The Labute approximate surface area is 156 Å². The van der Waals surface area contributed by atoms with Crippen LogP contribution in [0.5, 0.6) is 0 Å². The second kappa shape index (κ2) is 9.00. The van der Waals surface area contributed by atoms with Gasteiger partial charge in [0, 0.05) is 57.9 Å². The molecule has 1 aliphatic heterocycles. The van der Waals surface area contributed by atoms with Gasteiger partial charge in [0.25, 0.3) is 0 Å². The third kappa shape index (κ3) is 5.45. The van der Waals surface area contributed by atoms with E-state index in [1.165, 1.54) is 0 Å². The van der Waals surface area contributed by atoms with Crippen LogP contribution in [-0.4, -0.2) is 65.9 Å². The SMILES string of the molecule is COC(=O)[C@H]1OC(O)[C@H](OC(C)=O)[C@@H](O)[C@@H]1OC(C)=O.[Ac]. The van der Waals surface area contributed by atoms with Crippen LogP contribution in [0.2, 0.25) is 0 Å². The van der Waals surface area contributed by atoms with Gasteiger partial charge in [-0.15, -0.1) is 0 Å². The number of aliphatic hydroxyl groups is 2. The van der Waals surface area contributed by atoms with Crippen molar-refractivity contribution in [3.63, 3.8) is 0 Å². The Morgan fingerprint density at radius 1 is 1.00 bits per heavy atom. The molecule has 0 amide bonds. The quantitative estimate of drug-likeness (QED) is 0.325. The fourth-order valence-electron chi connectivity index (χ4n) is 1.79. The molecule has 9 nitrogen and oxygen atoms in total. The van der Waals surface area contributed by atoms with Gasteiger partial charge in [-0.1, -0.05) is 0 Å². The van der Waals surface area contributed by atoms with Crippen molar-refractivity contribution in [3.8, 4) is 0 Å². The fraction of sp³-hybridized carbons (Fsp3) is 0.727. The van der Waals surface area contributed by atoms with Crippen LogP contribution in [0.3, 0.4) is 0 Å². The van der Waals surface area contributed by atoms with Gasteiger partial charge in [-0.2, -0.15) is 0 Å². The topological polar surface area (TPSA) is 129 Å². The Morgan fingerprint density at radius 2 is 1.48 bits per heavy atom. The average Bonchev–Trinajstić information content (AvgIpc) is 2.36. The number of esters is 3. The normalized spacial score (nSPS) is 31.6. The van der Waals surface area contributed by atoms with E-state index in [1.807, 2.05) is 0 Å². The molecule has 1 fully saturated rings. The predicted octanol–water partition coefficient (Wildman–Crippen LogP) is -1.90. The minimum absolute atomic E-state index is 0. The number of carbonyl (C=O) groups is 3. The molecule has 0 bridgehead atoms. The Kier molecular flexibility index (Phi) is 8.89. The third-order valence-corrected chi connectivity index (χ3v) is 2.58. The zero-order valence-corrected chi connectivity index (χ0v) is 16.5. The molecule has 1 saturated heterocycles. The van der Waals surface area contributed by atoms with E-state index in [4.69, 9.17) is 9.47 Å². The van der Waals surface area contributed by atoms with Gasteiger partial charge in [0.15, 0.2) is 24.6 Å². The van der Waals surface area contributed by atoms with Gasteiger partial charge in [-0.3, -0.25) is 9.59 Å². The summed E-state index contributed by atoms with van der Waals surface area (Å²) in [5.74, 6) is -2.52. The van der Waals surface area contributed by atoms with Crippen molar-refractivity contribution in [3.05, 3.63) is 0 Å². The van der Waals surface area contributed by atoms with Crippen LogP contribution < -0.4 is 0 Å². The third-order valence-electron chi connectivity index (χ3n) is 2.58. The van der Waals surface area contributed by atoms with Crippen LogP contribution in [0, 0.1) is 44.1 Å². The molecule has 0 aromatic heterocycles. The monoisotopic (exact) mass is 519 g/mol. The van der Waals surface area contributed by atoms with E-state index in [2.05, 4.69) is 9.47 Å². The average molecular weight is 519 g/mol. The van der Waals surface area contributed by atoms with Gasteiger partial charge in [0.1, 0.15) is 6.10 Å². The summed E-state index contributed by atoms with van der Waals surface area (Å²) in [5, 5.41) is 19.7. The van der Waals surface area contributed by atoms with Crippen molar-refractivity contribution < 1.29 is 87.6 Å². The molecule has 1 unspecified atom stereocenters. The van der Waals surface area contributed by atoms with Gasteiger partial charge in [0.05, 0.1) is 7.11 Å². The minimum Gasteiger partial charge on any atom is -0.467 e. The largest absolute Gasteiger partial charge is 0.467 e. The first kappa shape index (κ1) is 20.7. The van der Waals surface area contributed by atoms with Gasteiger partial charge in [-0.05, 0) is 0 Å². The summed E-state index contributed by atoms with van der Waals surface area (Å²) in [6.07, 6.45) is -7.88. The van der Waals surface area contributed by atoms with Gasteiger partial charge in [-0.25, -0.2) is 4.79 Å². The maximum atomic E-state index is 11.5. The zero-order chi connectivity index (χ0) is 15.4. The Bertz CT molecular complexity index is 399. The van der Waals surface area contributed by atoms with E-state index < -0.39 is 48.6 Å². The number of aliphatic hydroxyl groups excluding tert-OH is 2. The van der Waals surface area contributed by atoms with Gasteiger partial charge < -0.3 is 29.2 Å². The smallest absolute Gasteiger partial charge is 0.339 e. The van der Waals surface area contributed by atoms with Crippen molar-refractivity contribution >= 4 is 17.9 Å². The molecular weight excluding hydrogens is 503 g/mol. The van der Waals surface area contributed by atoms with Crippen LogP contribution >= 0.6 is 0 Å². The van der Waals surface area contributed by atoms with Gasteiger partial charge >= 0.3 is 17.9 Å². The van der Waals surface area contributed by atoms with Crippen molar-refractivity contribution in [2.75, 3.05) is 7.11 Å². The van der Waals surface area contributed by atoms with E-state index in [1.54, 1.807) is 0 Å². The predicted molar refractivity (Wildman–Crippen MR) is 60.0 cm³/mol. The van der Waals surface area contributed by atoms with Crippen molar-refractivity contribution in [1.82, 2.24) is 0 Å². The molecule has 0 saturated carbocycles. The van der Waals surface area contributed by atoms with E-state index in [0.29, 0.717) is 0 Å². The molecule has 1 radical (unpaired) electrons. The molecule has 2 N–H and O–H groups in total. The van der Waals surface area contributed by atoms with Crippen LogP contribution in [0.1, 0.15) is 13.8 Å². The van der Waals surface area contributed by atoms with E-state index in [0.717, 1.165) is 21.0 Å². The molecule has 117 valence electrons. The number of hydrogen-bond acceptors (Lipinski definition) is 9. The van der Waals surface area contributed by atoms with E-state index >= 15 is 0 Å². The maximum absolute atomic E-state index is 11.5. The molecular formula is C11H16AcO9.